The predicted octanol–water partition coefficient (Wildman–Crippen LogP) is 4.71. The lowest BCUT2D eigenvalue weighted by Crippen LogP contribution is -2.47. The van der Waals surface area contributed by atoms with E-state index in [-0.39, 0.29) is 12.0 Å². The molecule has 0 bridgehead atoms. The van der Waals surface area contributed by atoms with E-state index in [4.69, 9.17) is 9.47 Å². The molecule has 0 radical (unpaired) electrons. The number of nitrogens with one attached hydrogen (secondary N) is 1. The van der Waals surface area contributed by atoms with Crippen LogP contribution in [0.15, 0.2) is 18.2 Å². The number of hydrogen-bond acceptors (Lipinski definition) is 3. The Morgan fingerprint density at radius 2 is 2.04 bits per heavy atom. The van der Waals surface area contributed by atoms with Gasteiger partial charge in [0.15, 0.2) is 0 Å². The van der Waals surface area contributed by atoms with E-state index in [1.165, 1.54) is 0 Å². The molecule has 1 atom stereocenters. The van der Waals surface area contributed by atoms with Gasteiger partial charge in [0, 0.05) is 12.8 Å². The number of ether oxygens (including phenoxy) is 2. The summed E-state index contributed by atoms with van der Waals surface area (Å²) >= 11 is 0. The van der Waals surface area contributed by atoms with Gasteiger partial charge in [0.05, 0.1) is 6.10 Å². The number of aryl methyl sites for hydroxylation is 1. The summed E-state index contributed by atoms with van der Waals surface area (Å²) in [5.74, 6) is 1.50. The molecule has 4 heteroatoms. The Balaban J connectivity index is 2.07. The fourth-order valence-electron chi connectivity index (χ4n) is 3.16. The number of methoxy groups -OCH3 is 1. The third-order valence-electron chi connectivity index (χ3n) is 5.22. The monoisotopic (exact) mass is 333 g/mol. The third kappa shape index (κ3) is 4.29. The van der Waals surface area contributed by atoms with Crippen LogP contribution in [-0.4, -0.2) is 24.7 Å². The van der Waals surface area contributed by atoms with E-state index in [1.54, 1.807) is 7.11 Å². The van der Waals surface area contributed by atoms with Crippen LogP contribution in [-0.2, 0) is 9.53 Å². The molecule has 4 nitrogen and oxygen atoms in total. The highest BCUT2D eigenvalue weighted by Crippen LogP contribution is 2.35. The highest BCUT2D eigenvalue weighted by Gasteiger charge is 2.41. The molecule has 0 saturated heterocycles. The molecular weight excluding hydrogens is 302 g/mol. The highest BCUT2D eigenvalue weighted by molar-refractivity contribution is 5.97. The Hall–Kier alpha value is -1.55. The Morgan fingerprint density at radius 1 is 1.38 bits per heavy atom. The molecule has 1 N–H and O–H groups in total. The van der Waals surface area contributed by atoms with Crippen molar-refractivity contribution in [2.75, 3.05) is 12.4 Å². The summed E-state index contributed by atoms with van der Waals surface area (Å²) in [5.41, 5.74) is 1.13. The lowest BCUT2D eigenvalue weighted by molar-refractivity contribution is -0.142. The number of rotatable bonds is 6. The second-order valence-electron chi connectivity index (χ2n) is 7.15. The van der Waals surface area contributed by atoms with Crippen LogP contribution in [0, 0.1) is 12.8 Å². The number of hydrogen-bond donors (Lipinski definition) is 1. The number of amides is 1. The molecule has 1 unspecified atom stereocenters. The molecule has 24 heavy (non-hydrogen) atoms. The van der Waals surface area contributed by atoms with Gasteiger partial charge in [-0.2, -0.15) is 0 Å². The number of carbonyl (C=O) groups is 1. The van der Waals surface area contributed by atoms with Crippen LogP contribution >= 0.6 is 0 Å². The first kappa shape index (κ1) is 18.8. The zero-order valence-electron chi connectivity index (χ0n) is 15.6. The van der Waals surface area contributed by atoms with E-state index in [0.29, 0.717) is 5.92 Å². The van der Waals surface area contributed by atoms with E-state index < -0.39 is 5.60 Å². The van der Waals surface area contributed by atoms with E-state index in [9.17, 15) is 4.79 Å². The van der Waals surface area contributed by atoms with Crippen molar-refractivity contribution in [3.63, 3.8) is 0 Å². The number of carbonyl (C=O) groups excluding carboxylic acids is 1. The summed E-state index contributed by atoms with van der Waals surface area (Å²) in [7, 11) is 1.64. The van der Waals surface area contributed by atoms with Crippen molar-refractivity contribution < 1.29 is 14.3 Å². The molecule has 0 aromatic heterocycles. The van der Waals surface area contributed by atoms with E-state index >= 15 is 0 Å². The fraction of sp³-hybridized carbons (Fsp3) is 0.650. The summed E-state index contributed by atoms with van der Waals surface area (Å²) < 4.78 is 11.5. The minimum atomic E-state index is -0.688. The lowest BCUT2D eigenvalue weighted by Gasteiger charge is -2.36. The third-order valence-corrected chi connectivity index (χ3v) is 5.22. The lowest BCUT2D eigenvalue weighted by atomic mass is 9.79. The molecule has 0 spiro atoms. The normalized spacial score (nSPS) is 25.1. The van der Waals surface area contributed by atoms with E-state index in [2.05, 4.69) is 26.1 Å². The molecular formula is C20H31NO3. The first-order valence-corrected chi connectivity index (χ1v) is 9.04. The molecule has 1 fully saturated rings. The summed E-state index contributed by atoms with van der Waals surface area (Å²) in [6.45, 7) is 8.39. The van der Waals surface area contributed by atoms with Crippen LogP contribution < -0.4 is 10.1 Å². The van der Waals surface area contributed by atoms with Gasteiger partial charge in [0.1, 0.15) is 11.4 Å². The Kier molecular flexibility index (Phi) is 6.27. The summed E-state index contributed by atoms with van der Waals surface area (Å²) in [6, 6.07) is 5.79. The van der Waals surface area contributed by atoms with Crippen molar-refractivity contribution in [3.8, 4) is 5.75 Å². The summed E-state index contributed by atoms with van der Waals surface area (Å²) in [5, 5.41) is 3.03. The van der Waals surface area contributed by atoms with Crippen molar-refractivity contribution in [2.45, 2.75) is 71.5 Å². The molecule has 1 aliphatic rings. The van der Waals surface area contributed by atoms with Crippen molar-refractivity contribution in [2.24, 2.45) is 5.92 Å². The molecule has 1 aromatic rings. The van der Waals surface area contributed by atoms with Gasteiger partial charge in [0.2, 0.25) is 0 Å². The van der Waals surface area contributed by atoms with Crippen LogP contribution in [0.1, 0.15) is 58.4 Å². The zero-order chi connectivity index (χ0) is 17.7. The van der Waals surface area contributed by atoms with Crippen molar-refractivity contribution in [3.05, 3.63) is 23.8 Å². The number of benzene rings is 1. The van der Waals surface area contributed by atoms with Gasteiger partial charge >= 0.3 is 0 Å². The Morgan fingerprint density at radius 3 is 2.58 bits per heavy atom. The fourth-order valence-corrected chi connectivity index (χ4v) is 3.16. The van der Waals surface area contributed by atoms with Crippen molar-refractivity contribution in [1.82, 2.24) is 0 Å². The highest BCUT2D eigenvalue weighted by atomic mass is 16.5. The van der Waals surface area contributed by atoms with Gasteiger partial charge < -0.3 is 14.8 Å². The molecule has 134 valence electrons. The molecule has 1 amide bonds. The SMILES string of the molecule is CCC(C)Oc1ccc(NC(=O)C2(OC)CCC(C)CC2)cc1C. The smallest absolute Gasteiger partial charge is 0.256 e. The average Bonchev–Trinajstić information content (AvgIpc) is 2.58. The topological polar surface area (TPSA) is 47.6 Å². The van der Waals surface area contributed by atoms with E-state index in [1.807, 2.05) is 25.1 Å². The minimum Gasteiger partial charge on any atom is -0.490 e. The molecule has 0 aliphatic heterocycles. The maximum absolute atomic E-state index is 12.8. The van der Waals surface area contributed by atoms with Crippen LogP contribution in [0.2, 0.25) is 0 Å². The first-order valence-electron chi connectivity index (χ1n) is 9.04. The predicted molar refractivity (Wildman–Crippen MR) is 97.6 cm³/mol. The van der Waals surface area contributed by atoms with Gasteiger partial charge in [-0.1, -0.05) is 13.8 Å². The van der Waals surface area contributed by atoms with Gasteiger partial charge in [-0.05, 0) is 75.6 Å². The van der Waals surface area contributed by atoms with Crippen molar-refractivity contribution in [1.29, 1.82) is 0 Å². The number of anilines is 1. The van der Waals surface area contributed by atoms with Crippen LogP contribution in [0.25, 0.3) is 0 Å². The molecule has 1 aliphatic carbocycles. The summed E-state index contributed by atoms with van der Waals surface area (Å²) in [4.78, 5) is 12.8. The quantitative estimate of drug-likeness (QED) is 0.820. The largest absolute Gasteiger partial charge is 0.490 e. The molecule has 1 aromatic carbocycles. The van der Waals surface area contributed by atoms with Gasteiger partial charge in [0.25, 0.3) is 5.91 Å². The molecule has 0 heterocycles. The summed E-state index contributed by atoms with van der Waals surface area (Å²) in [6.07, 6.45) is 4.77. The second kappa shape index (κ2) is 8.02. The molecule has 2 rings (SSSR count). The molecule has 1 saturated carbocycles. The maximum atomic E-state index is 12.8. The second-order valence-corrected chi connectivity index (χ2v) is 7.15. The Bertz CT molecular complexity index is 562. The van der Waals surface area contributed by atoms with Crippen LogP contribution in [0.3, 0.4) is 0 Å². The first-order chi connectivity index (χ1) is 11.4. The van der Waals surface area contributed by atoms with Crippen LogP contribution in [0.5, 0.6) is 5.75 Å². The van der Waals surface area contributed by atoms with E-state index in [0.717, 1.165) is 49.1 Å². The minimum absolute atomic E-state index is 0.0353. The zero-order valence-corrected chi connectivity index (χ0v) is 15.6. The Labute approximate surface area is 145 Å². The van der Waals surface area contributed by atoms with Gasteiger partial charge in [-0.3, -0.25) is 4.79 Å². The standard InChI is InChI=1S/C20H31NO3/c1-6-16(4)24-18-8-7-17(13-15(18)3)21-19(22)20(23-5)11-9-14(2)10-12-20/h7-8,13-14,16H,6,9-12H2,1-5H3,(H,21,22). The van der Waals surface area contributed by atoms with Crippen molar-refractivity contribution >= 4 is 11.6 Å². The van der Waals surface area contributed by atoms with Gasteiger partial charge in [-0.15, -0.1) is 0 Å². The maximum Gasteiger partial charge on any atom is 0.256 e. The van der Waals surface area contributed by atoms with Crippen LogP contribution in [0.4, 0.5) is 5.69 Å². The average molecular weight is 333 g/mol. The van der Waals surface area contributed by atoms with Gasteiger partial charge in [-0.25, -0.2) is 0 Å².